The molecule has 4 aromatic rings. The van der Waals surface area contributed by atoms with Gasteiger partial charge in [-0.2, -0.15) is 8.78 Å². The Balaban J connectivity index is 1.49. The molecule has 0 amide bonds. The summed E-state index contributed by atoms with van der Waals surface area (Å²) in [4.78, 5) is 4.26. The molecule has 0 saturated carbocycles. The highest BCUT2D eigenvalue weighted by molar-refractivity contribution is 5.88. The van der Waals surface area contributed by atoms with Gasteiger partial charge in [0, 0.05) is 11.6 Å². The topological polar surface area (TPSA) is 61.0 Å². The molecule has 0 aliphatic carbocycles. The van der Waals surface area contributed by atoms with Crippen molar-refractivity contribution in [1.29, 1.82) is 0 Å². The van der Waals surface area contributed by atoms with Crippen molar-refractivity contribution in [3.8, 4) is 17.2 Å². The molecule has 0 N–H and O–H groups in total. The number of halogens is 2. The lowest BCUT2D eigenvalue weighted by Crippen LogP contribution is -1.98. The van der Waals surface area contributed by atoms with Crippen molar-refractivity contribution in [2.24, 2.45) is 0 Å². The minimum absolute atomic E-state index is 0.00863. The summed E-state index contributed by atoms with van der Waals surface area (Å²) in [6.45, 7) is 0.278. The van der Waals surface area contributed by atoms with Crippen LogP contribution in [0.4, 0.5) is 8.78 Å². The smallest absolute Gasteiger partial charge is 0.314 e. The minimum atomic E-state index is -2.79. The van der Waals surface area contributed by atoms with E-state index in [0.29, 0.717) is 11.3 Å². The first-order valence-corrected chi connectivity index (χ1v) is 7.88. The van der Waals surface area contributed by atoms with Crippen molar-refractivity contribution in [2.45, 2.75) is 13.0 Å². The number of pyridine rings is 1. The number of hydrogen-bond acceptors (Lipinski definition) is 5. The van der Waals surface area contributed by atoms with E-state index < -0.39 is 12.3 Å². The summed E-state index contributed by atoms with van der Waals surface area (Å²) in [5.41, 5.74) is 1.16. The molecular weight excluding hydrogens is 340 g/mol. The van der Waals surface area contributed by atoms with E-state index in [9.17, 15) is 8.78 Å². The van der Waals surface area contributed by atoms with Crippen LogP contribution in [0.5, 0.6) is 5.75 Å². The Labute approximate surface area is 147 Å². The van der Waals surface area contributed by atoms with Gasteiger partial charge in [0.1, 0.15) is 12.4 Å². The highest BCUT2D eigenvalue weighted by Gasteiger charge is 2.17. The molecule has 2 aromatic carbocycles. The van der Waals surface area contributed by atoms with Crippen molar-refractivity contribution >= 4 is 10.8 Å². The van der Waals surface area contributed by atoms with Gasteiger partial charge in [0.15, 0.2) is 0 Å². The molecule has 0 fully saturated rings. The predicted molar refractivity (Wildman–Crippen MR) is 90.8 cm³/mol. The minimum Gasteiger partial charge on any atom is -0.487 e. The van der Waals surface area contributed by atoms with Gasteiger partial charge in [-0.1, -0.05) is 36.4 Å². The second kappa shape index (κ2) is 6.87. The van der Waals surface area contributed by atoms with Crippen LogP contribution in [0.15, 0.2) is 65.2 Å². The molecule has 2 aromatic heterocycles. The first-order valence-electron chi connectivity index (χ1n) is 7.88. The van der Waals surface area contributed by atoms with Gasteiger partial charge in [-0.25, -0.2) is 0 Å². The number of hydrogen-bond donors (Lipinski definition) is 0. The van der Waals surface area contributed by atoms with Crippen molar-refractivity contribution in [2.75, 3.05) is 0 Å². The molecule has 4 rings (SSSR count). The van der Waals surface area contributed by atoms with Crippen LogP contribution in [0.3, 0.4) is 0 Å². The lowest BCUT2D eigenvalue weighted by molar-refractivity contribution is 0.116. The highest BCUT2D eigenvalue weighted by atomic mass is 19.3. The number of fused-ring (bicyclic) bond motifs is 1. The lowest BCUT2D eigenvalue weighted by Gasteiger charge is -2.09. The number of aromatic nitrogens is 3. The average Bonchev–Trinajstić information content (AvgIpc) is 3.17. The van der Waals surface area contributed by atoms with Crippen LogP contribution in [-0.2, 0) is 6.61 Å². The van der Waals surface area contributed by atoms with Crippen LogP contribution in [0.2, 0.25) is 0 Å². The van der Waals surface area contributed by atoms with Crippen LogP contribution in [-0.4, -0.2) is 15.2 Å². The van der Waals surface area contributed by atoms with E-state index in [1.807, 2.05) is 42.5 Å². The van der Waals surface area contributed by atoms with E-state index in [4.69, 9.17) is 9.15 Å². The second-order valence-electron chi connectivity index (χ2n) is 5.55. The van der Waals surface area contributed by atoms with E-state index in [1.54, 1.807) is 12.1 Å². The fourth-order valence-corrected chi connectivity index (χ4v) is 2.55. The maximum Gasteiger partial charge on any atom is 0.314 e. The number of alkyl halides is 2. The van der Waals surface area contributed by atoms with Gasteiger partial charge in [-0.05, 0) is 23.6 Å². The molecule has 0 spiro atoms. The summed E-state index contributed by atoms with van der Waals surface area (Å²) in [5, 5.41) is 9.02. The molecule has 130 valence electrons. The summed E-state index contributed by atoms with van der Waals surface area (Å²) in [6.07, 6.45) is -1.30. The zero-order valence-electron chi connectivity index (χ0n) is 13.5. The monoisotopic (exact) mass is 353 g/mol. The van der Waals surface area contributed by atoms with Gasteiger partial charge in [0.25, 0.3) is 5.89 Å². The van der Waals surface area contributed by atoms with Crippen LogP contribution < -0.4 is 4.74 Å². The maximum atomic E-state index is 12.5. The Morgan fingerprint density at radius 3 is 2.58 bits per heavy atom. The molecule has 5 nitrogen and oxygen atoms in total. The SMILES string of the molecule is FC(F)c1nnc(-c2ccc(COc3cccc4ccccc34)nc2)o1. The Bertz CT molecular complexity index is 1030. The van der Waals surface area contributed by atoms with E-state index in [-0.39, 0.29) is 12.5 Å². The number of benzene rings is 2. The molecule has 0 radical (unpaired) electrons. The maximum absolute atomic E-state index is 12.5. The standard InChI is InChI=1S/C19H13F2N3O2/c20-17(21)19-24-23-18(26-19)13-8-9-14(22-10-13)11-25-16-7-3-5-12-4-1-2-6-15(12)16/h1-10,17H,11H2. The molecule has 0 unspecified atom stereocenters. The number of rotatable bonds is 5. The van der Waals surface area contributed by atoms with E-state index in [0.717, 1.165) is 16.5 Å². The van der Waals surface area contributed by atoms with Gasteiger partial charge >= 0.3 is 6.43 Å². The van der Waals surface area contributed by atoms with Crippen molar-refractivity contribution in [3.05, 3.63) is 72.4 Å². The third-order valence-corrected chi connectivity index (χ3v) is 3.82. The van der Waals surface area contributed by atoms with E-state index >= 15 is 0 Å². The highest BCUT2D eigenvalue weighted by Crippen LogP contribution is 2.26. The molecule has 2 heterocycles. The second-order valence-corrected chi connectivity index (χ2v) is 5.55. The van der Waals surface area contributed by atoms with Crippen molar-refractivity contribution < 1.29 is 17.9 Å². The molecule has 0 aliphatic heterocycles. The fraction of sp³-hybridized carbons (Fsp3) is 0.105. The predicted octanol–water partition coefficient (Wildman–Crippen LogP) is 4.80. The Morgan fingerprint density at radius 1 is 0.962 bits per heavy atom. The normalized spacial score (nSPS) is 11.2. The quantitative estimate of drug-likeness (QED) is 0.516. The van der Waals surface area contributed by atoms with Gasteiger partial charge in [0.05, 0.1) is 11.3 Å². The average molecular weight is 353 g/mol. The summed E-state index contributed by atoms with van der Waals surface area (Å²) in [5.74, 6) is 0.0742. The third-order valence-electron chi connectivity index (χ3n) is 3.82. The molecule has 0 bridgehead atoms. The molecule has 0 saturated heterocycles. The van der Waals surface area contributed by atoms with E-state index in [1.165, 1.54) is 6.20 Å². The van der Waals surface area contributed by atoms with E-state index in [2.05, 4.69) is 15.2 Å². The zero-order chi connectivity index (χ0) is 17.9. The molecule has 0 atom stereocenters. The van der Waals surface area contributed by atoms with Gasteiger partial charge < -0.3 is 9.15 Å². The van der Waals surface area contributed by atoms with Gasteiger partial charge in [-0.15, -0.1) is 10.2 Å². The van der Waals surface area contributed by atoms with Crippen LogP contribution in [0.1, 0.15) is 18.0 Å². The third kappa shape index (κ3) is 3.23. The zero-order valence-corrected chi connectivity index (χ0v) is 13.5. The lowest BCUT2D eigenvalue weighted by atomic mass is 10.1. The molecular formula is C19H13F2N3O2. The van der Waals surface area contributed by atoms with Crippen molar-refractivity contribution in [3.63, 3.8) is 0 Å². The number of nitrogens with zero attached hydrogens (tertiary/aromatic N) is 3. The number of ether oxygens (including phenoxy) is 1. The Hall–Kier alpha value is -3.35. The van der Waals surface area contributed by atoms with Crippen molar-refractivity contribution in [1.82, 2.24) is 15.2 Å². The largest absolute Gasteiger partial charge is 0.487 e. The summed E-state index contributed by atoms with van der Waals surface area (Å²) >= 11 is 0. The Kier molecular flexibility index (Phi) is 4.27. The Morgan fingerprint density at radius 2 is 1.81 bits per heavy atom. The molecule has 7 heteroatoms. The first kappa shape index (κ1) is 16.1. The summed E-state index contributed by atoms with van der Waals surface area (Å²) in [7, 11) is 0. The van der Waals surface area contributed by atoms with Gasteiger partial charge in [0.2, 0.25) is 5.89 Å². The van der Waals surface area contributed by atoms with Crippen LogP contribution >= 0.6 is 0 Å². The van der Waals surface area contributed by atoms with Crippen LogP contribution in [0.25, 0.3) is 22.2 Å². The summed E-state index contributed by atoms with van der Waals surface area (Å²) in [6, 6.07) is 17.2. The summed E-state index contributed by atoms with van der Waals surface area (Å²) < 4.78 is 35.8. The fourth-order valence-electron chi connectivity index (χ4n) is 2.55. The molecule has 26 heavy (non-hydrogen) atoms. The molecule has 0 aliphatic rings. The van der Waals surface area contributed by atoms with Gasteiger partial charge in [-0.3, -0.25) is 4.98 Å². The van der Waals surface area contributed by atoms with Crippen LogP contribution in [0, 0.1) is 0 Å². The first-order chi connectivity index (χ1) is 12.7.